The predicted molar refractivity (Wildman–Crippen MR) is 81.4 cm³/mol. The monoisotopic (exact) mass is 420 g/mol. The minimum Gasteiger partial charge on any atom is -0.744 e. The summed E-state index contributed by atoms with van der Waals surface area (Å²) in [6.45, 7) is 5.35. The second kappa shape index (κ2) is 8.68. The fourth-order valence-corrected chi connectivity index (χ4v) is 3.19. The van der Waals surface area contributed by atoms with Crippen LogP contribution in [-0.4, -0.2) is 37.6 Å². The Morgan fingerprint density at radius 3 is 1.96 bits per heavy atom. The Bertz CT molecular complexity index is 951. The molecule has 1 aliphatic heterocycles. The van der Waals surface area contributed by atoms with Crippen LogP contribution < -0.4 is 64.1 Å². The summed E-state index contributed by atoms with van der Waals surface area (Å²) in [5, 5.41) is 4.66. The molecule has 0 bridgehead atoms. The molecule has 1 aromatic rings. The molecule has 0 spiro atoms. The van der Waals surface area contributed by atoms with Crippen LogP contribution in [0.25, 0.3) is 0 Å². The first kappa shape index (κ1) is 26.2. The molecule has 132 valence electrons. The first-order valence-corrected chi connectivity index (χ1v) is 9.49. The van der Waals surface area contributed by atoms with Crippen LogP contribution in [0.1, 0.15) is 27.2 Å². The van der Waals surface area contributed by atoms with Crippen molar-refractivity contribution in [2.24, 2.45) is 10.5 Å². The van der Waals surface area contributed by atoms with Crippen LogP contribution in [0.3, 0.4) is 0 Å². The maximum absolute atomic E-state index is 12.2. The molecule has 0 saturated carbocycles. The number of nitrogens with zero attached hydrogens (tertiary/aromatic N) is 2. The minimum absolute atomic E-state index is 0. The van der Waals surface area contributed by atoms with Gasteiger partial charge in [-0.3, -0.25) is 4.79 Å². The zero-order valence-electron chi connectivity index (χ0n) is 15.0. The Morgan fingerprint density at radius 2 is 1.58 bits per heavy atom. The molecule has 9 nitrogen and oxygen atoms in total. The van der Waals surface area contributed by atoms with Crippen LogP contribution >= 0.6 is 0 Å². The van der Waals surface area contributed by atoms with Crippen molar-refractivity contribution in [3.8, 4) is 0 Å². The molecule has 2 rings (SSSR count). The van der Waals surface area contributed by atoms with Crippen LogP contribution in [0.15, 0.2) is 33.1 Å². The third-order valence-corrected chi connectivity index (χ3v) is 5.07. The van der Waals surface area contributed by atoms with E-state index in [9.17, 15) is 30.7 Å². The van der Waals surface area contributed by atoms with Crippen molar-refractivity contribution in [1.82, 2.24) is 0 Å². The van der Waals surface area contributed by atoms with E-state index in [4.69, 9.17) is 0 Å². The molecule has 1 amide bonds. The summed E-state index contributed by atoms with van der Waals surface area (Å²) in [6.07, 6.45) is -0.115. The maximum Gasteiger partial charge on any atom is 1.00 e. The molecule has 0 N–H and O–H groups in total. The second-order valence-corrected chi connectivity index (χ2v) is 8.94. The van der Waals surface area contributed by atoms with Gasteiger partial charge in [-0.05, 0) is 18.2 Å². The molecule has 13 heteroatoms. The number of amides is 1. The van der Waals surface area contributed by atoms with Gasteiger partial charge in [-0.2, -0.15) is 10.1 Å². The van der Waals surface area contributed by atoms with Gasteiger partial charge in [-0.15, -0.1) is 0 Å². The summed E-state index contributed by atoms with van der Waals surface area (Å²) >= 11 is 0. The van der Waals surface area contributed by atoms with Crippen LogP contribution in [0.4, 0.5) is 5.69 Å². The number of anilines is 1. The van der Waals surface area contributed by atoms with E-state index >= 15 is 0 Å². The summed E-state index contributed by atoms with van der Waals surface area (Å²) in [5.74, 6) is -0.634. The fourth-order valence-electron chi connectivity index (χ4n) is 2.06. The number of carbonyl (C=O) groups excluding carboxylic acids is 1. The van der Waals surface area contributed by atoms with Crippen LogP contribution in [0, 0.1) is 5.41 Å². The Labute approximate surface area is 196 Å². The van der Waals surface area contributed by atoms with Crippen molar-refractivity contribution in [1.29, 1.82) is 0 Å². The first-order valence-electron chi connectivity index (χ1n) is 6.68. The molecule has 1 aromatic carbocycles. The van der Waals surface area contributed by atoms with Crippen molar-refractivity contribution >= 4 is 37.5 Å². The quantitative estimate of drug-likeness (QED) is 0.350. The maximum atomic E-state index is 12.2. The Kier molecular flexibility index (Phi) is 8.74. The van der Waals surface area contributed by atoms with E-state index in [1.807, 2.05) is 0 Å². The van der Waals surface area contributed by atoms with Crippen molar-refractivity contribution in [3.05, 3.63) is 18.2 Å². The van der Waals surface area contributed by atoms with E-state index in [2.05, 4.69) is 5.10 Å². The molecule has 0 radical (unpaired) electrons. The molecule has 0 fully saturated rings. The van der Waals surface area contributed by atoms with Gasteiger partial charge in [-0.25, -0.2) is 16.8 Å². The molecular formula is C13H14N2Na2O7S2. The molecule has 26 heavy (non-hydrogen) atoms. The second-order valence-electron chi connectivity index (χ2n) is 6.22. The minimum atomic E-state index is -5.02. The van der Waals surface area contributed by atoms with E-state index < -0.39 is 47.0 Å². The smallest absolute Gasteiger partial charge is 0.744 e. The fraction of sp³-hybridized carbons (Fsp3) is 0.385. The van der Waals surface area contributed by atoms with E-state index in [1.54, 1.807) is 20.8 Å². The van der Waals surface area contributed by atoms with Gasteiger partial charge in [0.25, 0.3) is 5.91 Å². The average Bonchev–Trinajstić information content (AvgIpc) is 2.78. The summed E-state index contributed by atoms with van der Waals surface area (Å²) < 4.78 is 67.6. The summed E-state index contributed by atoms with van der Waals surface area (Å²) in [6, 6.07) is 2.05. The van der Waals surface area contributed by atoms with Gasteiger partial charge in [0.2, 0.25) is 0 Å². The molecule has 1 aliphatic rings. The zero-order valence-corrected chi connectivity index (χ0v) is 20.6. The van der Waals surface area contributed by atoms with Crippen molar-refractivity contribution in [2.75, 3.05) is 5.01 Å². The van der Waals surface area contributed by atoms with E-state index in [1.165, 1.54) is 0 Å². The normalized spacial score (nSPS) is 15.2. The molecule has 1 heterocycles. The molecule has 0 aliphatic carbocycles. The molecule has 0 aromatic heterocycles. The number of carbonyl (C=O) groups is 1. The van der Waals surface area contributed by atoms with E-state index in [-0.39, 0.29) is 65.5 Å². The van der Waals surface area contributed by atoms with Gasteiger partial charge in [0.05, 0.1) is 27.6 Å². The Hall–Kier alpha value is 0.180. The zero-order chi connectivity index (χ0) is 18.5. The predicted octanol–water partition coefficient (Wildman–Crippen LogP) is -5.36. The van der Waals surface area contributed by atoms with Gasteiger partial charge in [0, 0.05) is 5.41 Å². The standard InChI is InChI=1S/C13H16N2O7S2.2Na/c1-13(2,3)11-7-12(16)15(14-11)9-6-8(23(17,18)19)4-5-10(9)24(20,21)22;;/h4-6H,7H2,1-3H3,(H,17,18,19)(H,20,21,22);;/q;2*+1/p-2. The molecule has 0 unspecified atom stereocenters. The Balaban J connectivity index is 0.00000312. The number of hydrogen-bond donors (Lipinski definition) is 0. The third-order valence-electron chi connectivity index (χ3n) is 3.36. The van der Waals surface area contributed by atoms with Gasteiger partial charge >= 0.3 is 59.1 Å². The Morgan fingerprint density at radius 1 is 1.04 bits per heavy atom. The number of hydrogen-bond acceptors (Lipinski definition) is 8. The first-order chi connectivity index (χ1) is 10.7. The number of benzene rings is 1. The average molecular weight is 420 g/mol. The number of rotatable bonds is 3. The van der Waals surface area contributed by atoms with Gasteiger partial charge in [0.1, 0.15) is 20.2 Å². The molecular weight excluding hydrogens is 406 g/mol. The van der Waals surface area contributed by atoms with Crippen LogP contribution in [-0.2, 0) is 25.0 Å². The number of hydrazone groups is 1. The van der Waals surface area contributed by atoms with Crippen LogP contribution in [0.2, 0.25) is 0 Å². The van der Waals surface area contributed by atoms with Gasteiger partial charge in [-0.1, -0.05) is 20.8 Å². The van der Waals surface area contributed by atoms with Crippen LogP contribution in [0.5, 0.6) is 0 Å². The topological polar surface area (TPSA) is 147 Å². The van der Waals surface area contributed by atoms with E-state index in [0.29, 0.717) is 28.9 Å². The molecule has 0 saturated heterocycles. The van der Waals surface area contributed by atoms with E-state index in [0.717, 1.165) is 0 Å². The third kappa shape index (κ3) is 5.84. The van der Waals surface area contributed by atoms with Gasteiger partial charge in [0.15, 0.2) is 0 Å². The van der Waals surface area contributed by atoms with Crippen molar-refractivity contribution in [3.63, 3.8) is 0 Å². The summed E-state index contributed by atoms with van der Waals surface area (Å²) in [4.78, 5) is 10.6. The summed E-state index contributed by atoms with van der Waals surface area (Å²) in [7, 11) is -9.93. The van der Waals surface area contributed by atoms with Crippen molar-refractivity contribution < 1.29 is 89.9 Å². The van der Waals surface area contributed by atoms with Gasteiger partial charge < -0.3 is 9.11 Å². The largest absolute Gasteiger partial charge is 1.00 e. The SMILES string of the molecule is CC(C)(C)C1=NN(c2cc(S(=O)(=O)[O-])ccc2S(=O)(=O)[O-])C(=O)C1.[Na+].[Na+]. The molecule has 0 atom stereocenters. The summed E-state index contributed by atoms with van der Waals surface area (Å²) in [5.41, 5.74) is -0.619. The van der Waals surface area contributed by atoms with Crippen molar-refractivity contribution in [2.45, 2.75) is 37.0 Å².